The van der Waals surface area contributed by atoms with Crippen LogP contribution in [0.2, 0.25) is 0 Å². The van der Waals surface area contributed by atoms with Crippen LogP contribution in [0.15, 0.2) is 0 Å². The van der Waals surface area contributed by atoms with Crippen molar-refractivity contribution in [2.75, 3.05) is 32.8 Å². The Hall–Kier alpha value is -0.610. The number of ether oxygens (including phenoxy) is 1. The van der Waals surface area contributed by atoms with E-state index in [1.165, 1.54) is 0 Å². The average Bonchev–Trinajstić information content (AvgIpc) is 1.98. The molecule has 14 heavy (non-hydrogen) atoms. The van der Waals surface area contributed by atoms with Gasteiger partial charge in [-0.2, -0.15) is 0 Å². The Bertz CT molecular complexity index is 188. The lowest BCUT2D eigenvalue weighted by Crippen LogP contribution is -2.50. The zero-order valence-electron chi connectivity index (χ0n) is 8.90. The quantitative estimate of drug-likeness (QED) is 0.642. The van der Waals surface area contributed by atoms with Crippen LogP contribution in [0.25, 0.3) is 0 Å². The van der Waals surface area contributed by atoms with E-state index in [4.69, 9.17) is 9.84 Å². The first kappa shape index (κ1) is 11.5. The van der Waals surface area contributed by atoms with Gasteiger partial charge in [-0.25, -0.2) is 4.79 Å². The normalized spacial score (nSPS) is 18.5. The summed E-state index contributed by atoms with van der Waals surface area (Å²) in [7, 11) is 0. The van der Waals surface area contributed by atoms with Crippen LogP contribution >= 0.6 is 0 Å². The van der Waals surface area contributed by atoms with E-state index in [2.05, 4.69) is 18.7 Å². The third-order valence-electron chi connectivity index (χ3n) is 2.71. The van der Waals surface area contributed by atoms with Crippen molar-refractivity contribution in [1.29, 1.82) is 0 Å². The highest BCUT2D eigenvalue weighted by Gasteiger charge is 2.28. The number of carboxylic acid groups (broad SMARTS) is 1. The summed E-state index contributed by atoms with van der Waals surface area (Å²) in [5.74, 6) is 0.675. The van der Waals surface area contributed by atoms with Crippen LogP contribution in [0.1, 0.15) is 13.8 Å². The minimum absolute atomic E-state index is 0.179. The van der Waals surface area contributed by atoms with Gasteiger partial charge in [0.15, 0.2) is 0 Å². The Morgan fingerprint density at radius 1 is 1.57 bits per heavy atom. The van der Waals surface area contributed by atoms with Crippen LogP contribution in [0, 0.1) is 11.8 Å². The Labute approximate surface area is 84.8 Å². The molecule has 0 aromatic rings. The van der Waals surface area contributed by atoms with E-state index in [0.717, 1.165) is 31.5 Å². The molecule has 0 radical (unpaired) electrons. The van der Waals surface area contributed by atoms with Crippen LogP contribution in [0.5, 0.6) is 0 Å². The molecule has 1 aliphatic rings. The number of hydrogen-bond donors (Lipinski definition) is 1. The maximum absolute atomic E-state index is 10.1. The van der Waals surface area contributed by atoms with Crippen LogP contribution in [-0.2, 0) is 9.53 Å². The molecular weight excluding hydrogens is 182 g/mol. The molecule has 1 saturated heterocycles. The Morgan fingerprint density at radius 2 is 2.21 bits per heavy atom. The molecule has 0 saturated carbocycles. The maximum Gasteiger partial charge on any atom is 0.329 e. The fourth-order valence-corrected chi connectivity index (χ4v) is 1.57. The number of rotatable bonds is 6. The highest BCUT2D eigenvalue weighted by Crippen LogP contribution is 2.22. The van der Waals surface area contributed by atoms with E-state index >= 15 is 0 Å². The zero-order chi connectivity index (χ0) is 10.6. The van der Waals surface area contributed by atoms with E-state index < -0.39 is 5.97 Å². The molecule has 1 rings (SSSR count). The molecule has 1 fully saturated rings. The first-order chi connectivity index (χ1) is 6.59. The molecule has 4 nitrogen and oxygen atoms in total. The Morgan fingerprint density at radius 3 is 2.71 bits per heavy atom. The van der Waals surface area contributed by atoms with Crippen molar-refractivity contribution in [2.24, 2.45) is 11.8 Å². The van der Waals surface area contributed by atoms with Gasteiger partial charge in [0.05, 0.1) is 6.61 Å². The van der Waals surface area contributed by atoms with Crippen molar-refractivity contribution in [1.82, 2.24) is 4.90 Å². The molecule has 0 bridgehead atoms. The maximum atomic E-state index is 10.1. The summed E-state index contributed by atoms with van der Waals surface area (Å²) < 4.78 is 4.96. The SMILES string of the molecule is CC(C)C1CN(CCOCC(=O)O)C1. The van der Waals surface area contributed by atoms with Gasteiger partial charge in [-0.1, -0.05) is 13.8 Å². The second kappa shape index (κ2) is 5.32. The molecule has 1 heterocycles. The van der Waals surface area contributed by atoms with Gasteiger partial charge in [0.25, 0.3) is 0 Å². The number of carbonyl (C=O) groups is 1. The monoisotopic (exact) mass is 201 g/mol. The van der Waals surface area contributed by atoms with Crippen LogP contribution < -0.4 is 0 Å². The molecule has 4 heteroatoms. The summed E-state index contributed by atoms with van der Waals surface area (Å²) in [6.07, 6.45) is 0. The Kier molecular flexibility index (Phi) is 4.35. The minimum Gasteiger partial charge on any atom is -0.480 e. The van der Waals surface area contributed by atoms with Gasteiger partial charge < -0.3 is 14.7 Å². The predicted octanol–water partition coefficient (Wildman–Crippen LogP) is 0.675. The number of likely N-dealkylation sites (tertiary alicyclic amines) is 1. The molecule has 0 amide bonds. The summed E-state index contributed by atoms with van der Waals surface area (Å²) >= 11 is 0. The molecule has 1 aliphatic heterocycles. The molecule has 0 aliphatic carbocycles. The zero-order valence-corrected chi connectivity index (χ0v) is 8.90. The van der Waals surface area contributed by atoms with Gasteiger partial charge >= 0.3 is 5.97 Å². The van der Waals surface area contributed by atoms with E-state index in [-0.39, 0.29) is 6.61 Å². The van der Waals surface area contributed by atoms with E-state index in [0.29, 0.717) is 6.61 Å². The largest absolute Gasteiger partial charge is 0.480 e. The second-order valence-electron chi connectivity index (χ2n) is 4.21. The Balaban J connectivity index is 1.93. The third kappa shape index (κ3) is 3.64. The van der Waals surface area contributed by atoms with Gasteiger partial charge in [0, 0.05) is 19.6 Å². The fraction of sp³-hybridized carbons (Fsp3) is 0.900. The van der Waals surface area contributed by atoms with E-state index in [9.17, 15) is 4.79 Å². The molecular formula is C10H19NO3. The lowest BCUT2D eigenvalue weighted by molar-refractivity contribution is -0.142. The van der Waals surface area contributed by atoms with E-state index in [1.54, 1.807) is 0 Å². The van der Waals surface area contributed by atoms with Gasteiger partial charge in [0.1, 0.15) is 6.61 Å². The smallest absolute Gasteiger partial charge is 0.329 e. The molecule has 0 atom stereocenters. The van der Waals surface area contributed by atoms with Gasteiger partial charge in [-0.3, -0.25) is 0 Å². The predicted molar refractivity (Wildman–Crippen MR) is 53.2 cm³/mol. The minimum atomic E-state index is -0.895. The number of hydrogen-bond acceptors (Lipinski definition) is 3. The third-order valence-corrected chi connectivity index (χ3v) is 2.71. The van der Waals surface area contributed by atoms with Crippen molar-refractivity contribution in [2.45, 2.75) is 13.8 Å². The van der Waals surface area contributed by atoms with Crippen LogP contribution in [0.3, 0.4) is 0 Å². The van der Waals surface area contributed by atoms with Crippen molar-refractivity contribution in [3.63, 3.8) is 0 Å². The molecule has 0 unspecified atom stereocenters. The highest BCUT2D eigenvalue weighted by atomic mass is 16.5. The number of nitrogens with zero attached hydrogens (tertiary/aromatic N) is 1. The molecule has 0 aromatic carbocycles. The average molecular weight is 201 g/mol. The molecule has 82 valence electrons. The topological polar surface area (TPSA) is 49.8 Å². The lowest BCUT2D eigenvalue weighted by atomic mass is 9.88. The van der Waals surface area contributed by atoms with Crippen molar-refractivity contribution < 1.29 is 14.6 Å². The van der Waals surface area contributed by atoms with Crippen molar-refractivity contribution in [3.8, 4) is 0 Å². The highest BCUT2D eigenvalue weighted by molar-refractivity contribution is 5.67. The summed E-state index contributed by atoms with van der Waals surface area (Å²) in [6.45, 7) is 7.95. The van der Waals surface area contributed by atoms with Gasteiger partial charge in [-0.05, 0) is 11.8 Å². The van der Waals surface area contributed by atoms with Gasteiger partial charge in [-0.15, -0.1) is 0 Å². The van der Waals surface area contributed by atoms with E-state index in [1.807, 2.05) is 0 Å². The molecule has 0 aromatic heterocycles. The first-order valence-electron chi connectivity index (χ1n) is 5.11. The summed E-state index contributed by atoms with van der Waals surface area (Å²) in [5.41, 5.74) is 0. The molecule has 0 spiro atoms. The van der Waals surface area contributed by atoms with Crippen LogP contribution in [0.4, 0.5) is 0 Å². The summed E-state index contributed by atoms with van der Waals surface area (Å²) in [4.78, 5) is 12.4. The summed E-state index contributed by atoms with van der Waals surface area (Å²) in [6, 6.07) is 0. The standard InChI is InChI=1S/C10H19NO3/c1-8(2)9-5-11(6-9)3-4-14-7-10(12)13/h8-9H,3-7H2,1-2H3,(H,12,13). The second-order valence-corrected chi connectivity index (χ2v) is 4.21. The van der Waals surface area contributed by atoms with Crippen LogP contribution in [-0.4, -0.2) is 48.8 Å². The van der Waals surface area contributed by atoms with Gasteiger partial charge in [0.2, 0.25) is 0 Å². The number of carboxylic acids is 1. The fourth-order valence-electron chi connectivity index (χ4n) is 1.57. The number of aliphatic carboxylic acids is 1. The van der Waals surface area contributed by atoms with Crippen molar-refractivity contribution in [3.05, 3.63) is 0 Å². The lowest BCUT2D eigenvalue weighted by Gasteiger charge is -2.41. The first-order valence-corrected chi connectivity index (χ1v) is 5.11. The summed E-state index contributed by atoms with van der Waals surface area (Å²) in [5, 5.41) is 8.33. The van der Waals surface area contributed by atoms with Crippen molar-refractivity contribution >= 4 is 5.97 Å². The molecule has 1 N–H and O–H groups in total.